The van der Waals surface area contributed by atoms with E-state index in [4.69, 9.17) is 5.73 Å². The lowest BCUT2D eigenvalue weighted by Crippen LogP contribution is -2.55. The molecule has 0 spiro atoms. The number of rotatable bonds is 6. The number of aliphatic hydroxyl groups is 1. The molecule has 1 aliphatic rings. The van der Waals surface area contributed by atoms with E-state index in [1.807, 2.05) is 0 Å². The summed E-state index contributed by atoms with van der Waals surface area (Å²) in [6.07, 6.45) is 5.21. The van der Waals surface area contributed by atoms with Gasteiger partial charge in [0.05, 0.1) is 6.61 Å². The monoisotopic (exact) mass is 228 g/mol. The summed E-state index contributed by atoms with van der Waals surface area (Å²) in [4.78, 5) is 2.43. The summed E-state index contributed by atoms with van der Waals surface area (Å²) in [5, 5.41) is 9.59. The van der Waals surface area contributed by atoms with Crippen molar-refractivity contribution < 1.29 is 5.11 Å². The van der Waals surface area contributed by atoms with Crippen LogP contribution in [0.1, 0.15) is 46.5 Å². The average Bonchev–Trinajstić information content (AvgIpc) is 2.77. The van der Waals surface area contributed by atoms with E-state index in [9.17, 15) is 5.11 Å². The lowest BCUT2D eigenvalue weighted by Gasteiger charge is -2.39. The highest BCUT2D eigenvalue weighted by Crippen LogP contribution is 2.26. The minimum absolute atomic E-state index is 0.0746. The first kappa shape index (κ1) is 13.9. The van der Waals surface area contributed by atoms with Gasteiger partial charge in [-0.1, -0.05) is 33.6 Å². The van der Waals surface area contributed by atoms with Crippen molar-refractivity contribution in [3.8, 4) is 0 Å². The van der Waals surface area contributed by atoms with Gasteiger partial charge in [-0.15, -0.1) is 0 Å². The highest BCUT2D eigenvalue weighted by atomic mass is 16.3. The van der Waals surface area contributed by atoms with Crippen LogP contribution in [0.4, 0.5) is 0 Å². The van der Waals surface area contributed by atoms with E-state index in [2.05, 4.69) is 25.7 Å². The summed E-state index contributed by atoms with van der Waals surface area (Å²) in [6, 6.07) is 0.852. The Morgan fingerprint density at radius 3 is 2.25 bits per heavy atom. The van der Waals surface area contributed by atoms with E-state index in [1.165, 1.54) is 25.7 Å². The second-order valence-electron chi connectivity index (χ2n) is 5.34. The minimum Gasteiger partial charge on any atom is -0.395 e. The van der Waals surface area contributed by atoms with Gasteiger partial charge >= 0.3 is 0 Å². The molecule has 0 aromatic rings. The Hall–Kier alpha value is -0.120. The summed E-state index contributed by atoms with van der Waals surface area (Å²) >= 11 is 0. The Morgan fingerprint density at radius 2 is 1.88 bits per heavy atom. The van der Waals surface area contributed by atoms with E-state index >= 15 is 0 Å². The number of likely N-dealkylation sites (N-methyl/N-ethyl adjacent to an activating group) is 1. The van der Waals surface area contributed by atoms with Crippen LogP contribution < -0.4 is 5.73 Å². The maximum absolute atomic E-state index is 9.59. The lowest BCUT2D eigenvalue weighted by molar-refractivity contribution is 0.0626. The highest BCUT2D eigenvalue weighted by Gasteiger charge is 2.31. The zero-order valence-electron chi connectivity index (χ0n) is 11.0. The molecule has 96 valence electrons. The smallest absolute Gasteiger partial charge is 0.0602 e. The molecule has 1 fully saturated rings. The van der Waals surface area contributed by atoms with Crippen LogP contribution in [0.3, 0.4) is 0 Å². The van der Waals surface area contributed by atoms with Gasteiger partial charge in [0.15, 0.2) is 0 Å². The Morgan fingerprint density at radius 1 is 1.31 bits per heavy atom. The number of nitrogens with zero attached hydrogens (tertiary/aromatic N) is 1. The molecule has 0 radical (unpaired) electrons. The molecule has 0 heterocycles. The molecule has 0 amide bonds. The summed E-state index contributed by atoms with van der Waals surface area (Å²) in [5.74, 6) is 0.424. The first-order valence-electron chi connectivity index (χ1n) is 6.74. The van der Waals surface area contributed by atoms with E-state index in [-0.39, 0.29) is 18.7 Å². The standard InChI is InChI=1S/C13H28N2O/c1-4-15(11-7-5-6-8-11)12(9-16)13(14)10(2)3/h10-13,16H,4-9,14H2,1-3H3. The molecule has 0 aliphatic heterocycles. The van der Waals surface area contributed by atoms with Crippen molar-refractivity contribution in [2.24, 2.45) is 11.7 Å². The van der Waals surface area contributed by atoms with Gasteiger partial charge in [-0.3, -0.25) is 4.90 Å². The first-order chi connectivity index (χ1) is 7.61. The predicted octanol–water partition coefficient (Wildman–Crippen LogP) is 1.60. The Labute approximate surface area is 100 Å². The van der Waals surface area contributed by atoms with Crippen LogP contribution in [-0.2, 0) is 0 Å². The normalized spacial score (nSPS) is 21.9. The van der Waals surface area contributed by atoms with E-state index < -0.39 is 0 Å². The molecule has 1 saturated carbocycles. The quantitative estimate of drug-likeness (QED) is 0.726. The molecule has 1 aliphatic carbocycles. The van der Waals surface area contributed by atoms with Gasteiger partial charge in [0.25, 0.3) is 0 Å². The number of hydrogen-bond donors (Lipinski definition) is 2. The molecule has 16 heavy (non-hydrogen) atoms. The van der Waals surface area contributed by atoms with Gasteiger partial charge in [0.1, 0.15) is 0 Å². The zero-order chi connectivity index (χ0) is 12.1. The van der Waals surface area contributed by atoms with Crippen molar-refractivity contribution in [1.82, 2.24) is 4.90 Å². The predicted molar refractivity (Wildman–Crippen MR) is 68.3 cm³/mol. The largest absolute Gasteiger partial charge is 0.395 e. The summed E-state index contributed by atoms with van der Waals surface area (Å²) < 4.78 is 0. The van der Waals surface area contributed by atoms with Crippen LogP contribution in [0.25, 0.3) is 0 Å². The van der Waals surface area contributed by atoms with Gasteiger partial charge < -0.3 is 10.8 Å². The maximum Gasteiger partial charge on any atom is 0.0602 e. The van der Waals surface area contributed by atoms with Crippen molar-refractivity contribution in [3.63, 3.8) is 0 Å². The molecule has 2 unspecified atom stereocenters. The van der Waals surface area contributed by atoms with Crippen molar-refractivity contribution in [3.05, 3.63) is 0 Å². The van der Waals surface area contributed by atoms with Crippen LogP contribution in [0.2, 0.25) is 0 Å². The molecule has 0 aromatic heterocycles. The molecule has 1 rings (SSSR count). The van der Waals surface area contributed by atoms with Gasteiger partial charge in [0, 0.05) is 18.1 Å². The molecule has 0 aromatic carbocycles. The zero-order valence-corrected chi connectivity index (χ0v) is 11.0. The van der Waals surface area contributed by atoms with E-state index in [0.717, 1.165) is 6.54 Å². The van der Waals surface area contributed by atoms with Gasteiger partial charge in [0.2, 0.25) is 0 Å². The van der Waals surface area contributed by atoms with Crippen LogP contribution in [0.15, 0.2) is 0 Å². The SMILES string of the molecule is CCN(C1CCCC1)C(CO)C(N)C(C)C. The second kappa shape index (κ2) is 6.58. The van der Waals surface area contributed by atoms with Crippen molar-refractivity contribution in [2.45, 2.75) is 64.6 Å². The first-order valence-corrected chi connectivity index (χ1v) is 6.74. The fourth-order valence-electron chi connectivity index (χ4n) is 2.89. The Bertz CT molecular complexity index is 182. The summed E-state index contributed by atoms with van der Waals surface area (Å²) in [7, 11) is 0. The number of hydrogen-bond acceptors (Lipinski definition) is 3. The van der Waals surface area contributed by atoms with Crippen molar-refractivity contribution in [1.29, 1.82) is 0 Å². The summed E-state index contributed by atoms with van der Waals surface area (Å²) in [6.45, 7) is 7.62. The van der Waals surface area contributed by atoms with Gasteiger partial charge in [-0.25, -0.2) is 0 Å². The fraction of sp³-hybridized carbons (Fsp3) is 1.00. The lowest BCUT2D eigenvalue weighted by atomic mass is 9.95. The number of aliphatic hydroxyl groups excluding tert-OH is 1. The maximum atomic E-state index is 9.59. The molecular weight excluding hydrogens is 200 g/mol. The van der Waals surface area contributed by atoms with Crippen molar-refractivity contribution in [2.75, 3.05) is 13.2 Å². The topological polar surface area (TPSA) is 49.5 Å². The fourth-order valence-corrected chi connectivity index (χ4v) is 2.89. The van der Waals surface area contributed by atoms with Gasteiger partial charge in [-0.05, 0) is 25.3 Å². The average molecular weight is 228 g/mol. The van der Waals surface area contributed by atoms with E-state index in [1.54, 1.807) is 0 Å². The third kappa shape index (κ3) is 3.19. The molecule has 3 N–H and O–H groups in total. The third-order valence-electron chi connectivity index (χ3n) is 3.99. The molecule has 0 bridgehead atoms. The van der Waals surface area contributed by atoms with Crippen LogP contribution in [0.5, 0.6) is 0 Å². The second-order valence-corrected chi connectivity index (χ2v) is 5.34. The minimum atomic E-state index is 0.0746. The van der Waals surface area contributed by atoms with Crippen LogP contribution >= 0.6 is 0 Å². The third-order valence-corrected chi connectivity index (χ3v) is 3.99. The molecule has 2 atom stereocenters. The molecule has 3 heteroatoms. The molecule has 3 nitrogen and oxygen atoms in total. The van der Waals surface area contributed by atoms with Crippen LogP contribution in [-0.4, -0.2) is 41.3 Å². The molecule has 0 saturated heterocycles. The van der Waals surface area contributed by atoms with Crippen LogP contribution in [0, 0.1) is 5.92 Å². The highest BCUT2D eigenvalue weighted by molar-refractivity contribution is 4.88. The van der Waals surface area contributed by atoms with Gasteiger partial charge in [-0.2, -0.15) is 0 Å². The van der Waals surface area contributed by atoms with Crippen molar-refractivity contribution >= 4 is 0 Å². The number of nitrogens with two attached hydrogens (primary N) is 1. The van der Waals surface area contributed by atoms with E-state index in [0.29, 0.717) is 12.0 Å². The molecular formula is C13H28N2O. The Balaban J connectivity index is 2.66. The summed E-state index contributed by atoms with van der Waals surface area (Å²) in [5.41, 5.74) is 6.21. The Kier molecular flexibility index (Phi) is 5.73.